The van der Waals surface area contributed by atoms with Gasteiger partial charge in [-0.2, -0.15) is 0 Å². The molecule has 0 N–H and O–H groups in total. The van der Waals surface area contributed by atoms with E-state index < -0.39 is 15.7 Å². The molecule has 162 valence electrons. The van der Waals surface area contributed by atoms with Gasteiger partial charge in [-0.3, -0.25) is 9.78 Å². The van der Waals surface area contributed by atoms with Crippen LogP contribution < -0.4 is 4.90 Å². The maximum absolute atomic E-state index is 14.1. The second-order valence-corrected chi connectivity index (χ2v) is 9.38. The third-order valence-corrected chi connectivity index (χ3v) is 7.31. The lowest BCUT2D eigenvalue weighted by Gasteiger charge is -2.34. The lowest BCUT2D eigenvalue weighted by Crippen LogP contribution is -2.37. The summed E-state index contributed by atoms with van der Waals surface area (Å²) in [6.45, 7) is 3.00. The number of piperidine rings is 1. The molecule has 0 saturated carbocycles. The van der Waals surface area contributed by atoms with E-state index in [2.05, 4.69) is 4.98 Å². The predicted molar refractivity (Wildman–Crippen MR) is 115 cm³/mol. The van der Waals surface area contributed by atoms with Crippen LogP contribution in [0.2, 0.25) is 0 Å². The highest BCUT2D eigenvalue weighted by Gasteiger charge is 2.31. The number of aromatic nitrogens is 1. The molecule has 1 aliphatic heterocycles. The van der Waals surface area contributed by atoms with Gasteiger partial charge in [-0.25, -0.2) is 12.8 Å². The Hall–Kier alpha value is -3.00. The number of halogens is 1. The first kappa shape index (κ1) is 21.2. The third-order valence-electron chi connectivity index (χ3n) is 5.54. The molecular weight excluding hydrogens is 419 g/mol. The quantitative estimate of drug-likeness (QED) is 0.556. The Bertz CT molecular complexity index is 1210. The van der Waals surface area contributed by atoms with Gasteiger partial charge in [0.1, 0.15) is 10.7 Å². The Labute approximate surface area is 180 Å². The molecule has 0 atom stereocenters. The summed E-state index contributed by atoms with van der Waals surface area (Å²) in [5.41, 5.74) is 0.937. The van der Waals surface area contributed by atoms with E-state index in [0.717, 1.165) is 0 Å². The Morgan fingerprint density at radius 1 is 1.16 bits per heavy atom. The van der Waals surface area contributed by atoms with Crippen LogP contribution >= 0.6 is 0 Å². The van der Waals surface area contributed by atoms with E-state index in [1.165, 1.54) is 30.5 Å². The van der Waals surface area contributed by atoms with Crippen LogP contribution in [0.1, 0.15) is 19.8 Å². The number of hydrogen-bond acceptors (Lipinski definition) is 6. The summed E-state index contributed by atoms with van der Waals surface area (Å²) >= 11 is 0. The van der Waals surface area contributed by atoms with Gasteiger partial charge in [0.2, 0.25) is 9.84 Å². The minimum absolute atomic E-state index is 0.0337. The molecule has 1 saturated heterocycles. The maximum Gasteiger partial charge on any atom is 0.309 e. The molecule has 6 nitrogen and oxygen atoms in total. The Balaban J connectivity index is 1.81. The van der Waals surface area contributed by atoms with Crippen LogP contribution in [-0.2, 0) is 19.4 Å². The minimum Gasteiger partial charge on any atom is -0.466 e. The number of hydrogen-bond donors (Lipinski definition) is 0. The molecule has 0 aliphatic carbocycles. The van der Waals surface area contributed by atoms with E-state index >= 15 is 0 Å². The van der Waals surface area contributed by atoms with E-state index in [-0.39, 0.29) is 21.7 Å². The highest BCUT2D eigenvalue weighted by molar-refractivity contribution is 7.91. The van der Waals surface area contributed by atoms with Crippen molar-refractivity contribution in [2.75, 3.05) is 24.6 Å². The monoisotopic (exact) mass is 442 g/mol. The topological polar surface area (TPSA) is 76.6 Å². The van der Waals surface area contributed by atoms with E-state index in [1.807, 2.05) is 4.90 Å². The van der Waals surface area contributed by atoms with Gasteiger partial charge in [0, 0.05) is 24.7 Å². The van der Waals surface area contributed by atoms with Crippen molar-refractivity contribution >= 4 is 32.4 Å². The molecule has 4 rings (SSSR count). The summed E-state index contributed by atoms with van der Waals surface area (Å²) in [5, 5.41) is 0.437. The van der Waals surface area contributed by atoms with Crippen molar-refractivity contribution in [1.29, 1.82) is 0 Å². The van der Waals surface area contributed by atoms with Gasteiger partial charge >= 0.3 is 5.97 Å². The van der Waals surface area contributed by atoms with Crippen LogP contribution in [0.4, 0.5) is 10.1 Å². The van der Waals surface area contributed by atoms with Gasteiger partial charge in [0.15, 0.2) is 0 Å². The SMILES string of the molecule is CCOC(=O)C1CCN(c2c(S(=O)(=O)c3ccccc3)cnc3ccc(F)cc23)CC1. The van der Waals surface area contributed by atoms with Crippen molar-refractivity contribution in [1.82, 2.24) is 4.98 Å². The van der Waals surface area contributed by atoms with Crippen LogP contribution in [0.3, 0.4) is 0 Å². The Morgan fingerprint density at radius 3 is 2.55 bits per heavy atom. The minimum atomic E-state index is -3.88. The molecule has 1 aromatic heterocycles. The second-order valence-electron chi connectivity index (χ2n) is 7.46. The van der Waals surface area contributed by atoms with E-state index in [4.69, 9.17) is 4.74 Å². The predicted octanol–water partition coefficient (Wildman–Crippen LogP) is 3.99. The molecule has 8 heteroatoms. The molecule has 0 radical (unpaired) electrons. The number of carbonyl (C=O) groups excluding carboxylic acids is 1. The number of anilines is 1. The number of carbonyl (C=O) groups is 1. The molecule has 2 aromatic carbocycles. The summed E-state index contributed by atoms with van der Waals surface area (Å²) in [5.74, 6) is -0.925. The molecule has 0 bridgehead atoms. The first-order valence-electron chi connectivity index (χ1n) is 10.2. The summed E-state index contributed by atoms with van der Waals surface area (Å²) in [6.07, 6.45) is 2.40. The van der Waals surface area contributed by atoms with Gasteiger partial charge in [-0.15, -0.1) is 0 Å². The van der Waals surface area contributed by atoms with Gasteiger partial charge in [0.05, 0.1) is 28.6 Å². The van der Waals surface area contributed by atoms with Gasteiger partial charge < -0.3 is 9.64 Å². The molecule has 0 unspecified atom stereocenters. The fourth-order valence-electron chi connectivity index (χ4n) is 3.98. The van der Waals surface area contributed by atoms with Crippen LogP contribution in [0.5, 0.6) is 0 Å². The number of nitrogens with zero attached hydrogens (tertiary/aromatic N) is 2. The number of rotatable bonds is 5. The zero-order valence-electron chi connectivity index (χ0n) is 17.1. The average molecular weight is 443 g/mol. The first-order chi connectivity index (χ1) is 14.9. The lowest BCUT2D eigenvalue weighted by atomic mass is 9.96. The van der Waals surface area contributed by atoms with Crippen molar-refractivity contribution in [3.63, 3.8) is 0 Å². The van der Waals surface area contributed by atoms with Crippen molar-refractivity contribution in [3.05, 3.63) is 60.5 Å². The van der Waals surface area contributed by atoms with Crippen molar-refractivity contribution in [2.45, 2.75) is 29.6 Å². The highest BCUT2D eigenvalue weighted by atomic mass is 32.2. The molecule has 2 heterocycles. The van der Waals surface area contributed by atoms with E-state index in [1.54, 1.807) is 31.2 Å². The smallest absolute Gasteiger partial charge is 0.309 e. The number of benzene rings is 2. The number of fused-ring (bicyclic) bond motifs is 1. The van der Waals surface area contributed by atoms with Crippen LogP contribution in [0.25, 0.3) is 10.9 Å². The van der Waals surface area contributed by atoms with E-state index in [9.17, 15) is 17.6 Å². The van der Waals surface area contributed by atoms with E-state index in [0.29, 0.717) is 49.1 Å². The molecule has 0 amide bonds. The van der Waals surface area contributed by atoms with Gasteiger partial charge in [-0.05, 0) is 50.1 Å². The molecule has 3 aromatic rings. The average Bonchev–Trinajstić information content (AvgIpc) is 2.79. The summed E-state index contributed by atoms with van der Waals surface area (Å²) < 4.78 is 46.2. The lowest BCUT2D eigenvalue weighted by molar-refractivity contribution is -0.148. The summed E-state index contributed by atoms with van der Waals surface area (Å²) in [7, 11) is -3.88. The largest absolute Gasteiger partial charge is 0.466 e. The molecular formula is C23H23FN2O4S. The summed E-state index contributed by atoms with van der Waals surface area (Å²) in [6, 6.07) is 12.3. The number of ether oxygens (including phenoxy) is 1. The third kappa shape index (κ3) is 4.12. The van der Waals surface area contributed by atoms with Crippen LogP contribution in [0.15, 0.2) is 64.5 Å². The molecule has 31 heavy (non-hydrogen) atoms. The van der Waals surface area contributed by atoms with Gasteiger partial charge in [0.25, 0.3) is 0 Å². The molecule has 1 fully saturated rings. The maximum atomic E-state index is 14.1. The number of pyridine rings is 1. The normalized spacial score (nSPS) is 15.2. The Morgan fingerprint density at radius 2 is 1.87 bits per heavy atom. The molecule has 0 spiro atoms. The Kier molecular flexibility index (Phi) is 5.91. The number of esters is 1. The van der Waals surface area contributed by atoms with Crippen molar-refractivity contribution < 1.29 is 22.3 Å². The fourth-order valence-corrected chi connectivity index (χ4v) is 5.44. The zero-order valence-corrected chi connectivity index (χ0v) is 17.9. The van der Waals surface area contributed by atoms with Crippen molar-refractivity contribution in [2.24, 2.45) is 5.92 Å². The number of sulfone groups is 1. The van der Waals surface area contributed by atoms with Gasteiger partial charge in [-0.1, -0.05) is 18.2 Å². The standard InChI is InChI=1S/C23H23FN2O4S/c1-2-30-23(27)16-10-12-26(13-11-16)22-19-14-17(24)8-9-20(19)25-15-21(22)31(28,29)18-6-4-3-5-7-18/h3-9,14-16H,2,10-13H2,1H3. The zero-order chi connectivity index (χ0) is 22.0. The highest BCUT2D eigenvalue weighted by Crippen LogP contribution is 2.38. The summed E-state index contributed by atoms with van der Waals surface area (Å²) in [4.78, 5) is 18.5. The van der Waals surface area contributed by atoms with Crippen molar-refractivity contribution in [3.8, 4) is 0 Å². The first-order valence-corrected chi connectivity index (χ1v) is 11.7. The van der Waals surface area contributed by atoms with Crippen LogP contribution in [0, 0.1) is 11.7 Å². The molecule has 1 aliphatic rings. The second kappa shape index (κ2) is 8.63. The van der Waals surface area contributed by atoms with Crippen LogP contribution in [-0.4, -0.2) is 39.1 Å². The fraction of sp³-hybridized carbons (Fsp3) is 0.304.